The van der Waals surface area contributed by atoms with Crippen molar-refractivity contribution in [1.29, 1.82) is 0 Å². The first-order chi connectivity index (χ1) is 15.9. The first-order valence-corrected chi connectivity index (χ1v) is 13.3. The fraction of sp³-hybridized carbons (Fsp3) is 0.652. The van der Waals surface area contributed by atoms with Crippen LogP contribution in [0, 0.1) is 5.92 Å². The first-order valence-electron chi connectivity index (χ1n) is 11.8. The molecule has 0 aliphatic carbocycles. The summed E-state index contributed by atoms with van der Waals surface area (Å²) in [6.07, 6.45) is 3.53. The Balaban J connectivity index is 1.31. The molecule has 0 unspecified atom stereocenters. The van der Waals surface area contributed by atoms with Gasteiger partial charge in [-0.25, -0.2) is 8.42 Å². The fourth-order valence-electron chi connectivity index (χ4n) is 4.90. The normalized spacial score (nSPS) is 23.0. The van der Waals surface area contributed by atoms with Crippen molar-refractivity contribution >= 4 is 21.8 Å². The van der Waals surface area contributed by atoms with Gasteiger partial charge in [0.05, 0.1) is 24.5 Å². The van der Waals surface area contributed by atoms with E-state index in [1.165, 1.54) is 11.4 Å². The van der Waals surface area contributed by atoms with E-state index in [9.17, 15) is 18.0 Å². The van der Waals surface area contributed by atoms with Crippen LogP contribution in [0.5, 0.6) is 5.75 Å². The summed E-state index contributed by atoms with van der Waals surface area (Å²) in [7, 11) is -2.12. The van der Waals surface area contributed by atoms with Gasteiger partial charge in [-0.15, -0.1) is 0 Å². The summed E-state index contributed by atoms with van der Waals surface area (Å²) in [6.45, 7) is 5.26. The van der Waals surface area contributed by atoms with Gasteiger partial charge in [-0.3, -0.25) is 14.5 Å². The Morgan fingerprint density at radius 1 is 0.909 bits per heavy atom. The van der Waals surface area contributed by atoms with E-state index in [2.05, 4.69) is 4.90 Å². The van der Waals surface area contributed by atoms with Crippen LogP contribution in [0.2, 0.25) is 0 Å². The van der Waals surface area contributed by atoms with Crippen LogP contribution in [-0.4, -0.2) is 105 Å². The number of nitrogens with zero attached hydrogens (tertiary/aromatic N) is 4. The summed E-state index contributed by atoms with van der Waals surface area (Å²) in [5.41, 5.74) is 0. The zero-order chi connectivity index (χ0) is 23.4. The molecule has 0 N–H and O–H groups in total. The van der Waals surface area contributed by atoms with E-state index in [1.54, 1.807) is 24.3 Å². The highest BCUT2D eigenvalue weighted by Crippen LogP contribution is 2.26. The highest BCUT2D eigenvalue weighted by Gasteiger charge is 2.36. The predicted molar refractivity (Wildman–Crippen MR) is 123 cm³/mol. The molecule has 4 rings (SSSR count). The summed E-state index contributed by atoms with van der Waals surface area (Å²) in [6, 6.07) is 6.35. The third-order valence-electron chi connectivity index (χ3n) is 6.93. The quantitative estimate of drug-likeness (QED) is 0.603. The molecule has 1 aromatic rings. The lowest BCUT2D eigenvalue weighted by atomic mass is 9.98. The summed E-state index contributed by atoms with van der Waals surface area (Å²) in [4.78, 5) is 31.7. The highest BCUT2D eigenvalue weighted by molar-refractivity contribution is 7.89. The number of methoxy groups -OCH3 is 1. The lowest BCUT2D eigenvalue weighted by Crippen LogP contribution is -2.54. The lowest BCUT2D eigenvalue weighted by molar-refractivity contribution is -0.139. The number of hydrogen-bond acceptors (Lipinski definition) is 6. The molecule has 0 aromatic heterocycles. The van der Waals surface area contributed by atoms with Gasteiger partial charge in [0.15, 0.2) is 0 Å². The molecule has 1 atom stereocenters. The zero-order valence-electron chi connectivity index (χ0n) is 19.3. The second-order valence-electron chi connectivity index (χ2n) is 9.07. The second-order valence-corrected chi connectivity index (χ2v) is 11.0. The fourth-order valence-corrected chi connectivity index (χ4v) is 6.43. The van der Waals surface area contributed by atoms with E-state index in [1.807, 2.05) is 9.80 Å². The molecular weight excluding hydrogens is 444 g/mol. The van der Waals surface area contributed by atoms with Crippen molar-refractivity contribution in [2.24, 2.45) is 5.92 Å². The molecule has 9 nitrogen and oxygen atoms in total. The largest absolute Gasteiger partial charge is 0.497 e. The van der Waals surface area contributed by atoms with Crippen molar-refractivity contribution in [2.75, 3.05) is 66.0 Å². The van der Waals surface area contributed by atoms with Crippen LogP contribution < -0.4 is 4.74 Å². The van der Waals surface area contributed by atoms with Gasteiger partial charge in [-0.1, -0.05) is 0 Å². The Morgan fingerprint density at radius 2 is 1.58 bits per heavy atom. The molecule has 33 heavy (non-hydrogen) atoms. The van der Waals surface area contributed by atoms with Crippen LogP contribution in [0.15, 0.2) is 29.2 Å². The molecular formula is C23H34N4O5S. The van der Waals surface area contributed by atoms with Gasteiger partial charge < -0.3 is 14.5 Å². The number of ether oxygens (including phenoxy) is 1. The van der Waals surface area contributed by atoms with Crippen molar-refractivity contribution < 1.29 is 22.7 Å². The minimum absolute atomic E-state index is 0.0233. The summed E-state index contributed by atoms with van der Waals surface area (Å²) in [5.74, 6) is 0.473. The highest BCUT2D eigenvalue weighted by atomic mass is 32.2. The van der Waals surface area contributed by atoms with Crippen LogP contribution in [0.3, 0.4) is 0 Å². The van der Waals surface area contributed by atoms with Gasteiger partial charge in [0, 0.05) is 52.4 Å². The number of likely N-dealkylation sites (tertiary alicyclic amines) is 1. The number of piperazine rings is 1. The smallest absolute Gasteiger partial charge is 0.243 e. The van der Waals surface area contributed by atoms with E-state index in [0.29, 0.717) is 57.9 Å². The molecule has 3 aliphatic heterocycles. The average molecular weight is 479 g/mol. The first kappa shape index (κ1) is 24.0. The second kappa shape index (κ2) is 10.4. The van der Waals surface area contributed by atoms with E-state index >= 15 is 0 Å². The molecule has 3 heterocycles. The standard InChI is InChI=1S/C23H34N4O5S/c1-32-20-6-8-21(9-7-20)33(30,31)27-12-4-5-19(17-27)23(29)26-15-13-24(14-16-26)18-22(28)25-10-2-3-11-25/h6-9,19H,2-5,10-18H2,1H3/t19-/m1/s1. The Morgan fingerprint density at radius 3 is 2.21 bits per heavy atom. The van der Waals surface area contributed by atoms with Crippen LogP contribution in [0.4, 0.5) is 0 Å². The number of rotatable bonds is 6. The molecule has 1 aromatic carbocycles. The molecule has 0 spiro atoms. The number of benzene rings is 1. The van der Waals surface area contributed by atoms with Crippen LogP contribution in [0.25, 0.3) is 0 Å². The number of sulfonamides is 1. The number of amides is 2. The number of piperidine rings is 1. The van der Waals surface area contributed by atoms with Crippen molar-refractivity contribution in [3.63, 3.8) is 0 Å². The van der Waals surface area contributed by atoms with Crippen LogP contribution in [-0.2, 0) is 19.6 Å². The van der Waals surface area contributed by atoms with E-state index in [4.69, 9.17) is 4.74 Å². The number of carbonyl (C=O) groups is 2. The zero-order valence-corrected chi connectivity index (χ0v) is 20.1. The molecule has 0 saturated carbocycles. The van der Waals surface area contributed by atoms with Gasteiger partial charge in [0.25, 0.3) is 0 Å². The van der Waals surface area contributed by atoms with Gasteiger partial charge in [-0.2, -0.15) is 4.31 Å². The lowest BCUT2D eigenvalue weighted by Gasteiger charge is -2.38. The Labute approximate surface area is 196 Å². The molecule has 10 heteroatoms. The van der Waals surface area contributed by atoms with Gasteiger partial charge in [0.2, 0.25) is 21.8 Å². The predicted octanol–water partition coefficient (Wildman–Crippen LogP) is 0.863. The minimum atomic E-state index is -3.66. The van der Waals surface area contributed by atoms with Crippen molar-refractivity contribution in [3.8, 4) is 5.75 Å². The molecule has 182 valence electrons. The molecule has 3 fully saturated rings. The maximum atomic E-state index is 13.2. The topological polar surface area (TPSA) is 90.5 Å². The molecule has 0 bridgehead atoms. The minimum Gasteiger partial charge on any atom is -0.497 e. The SMILES string of the molecule is COc1ccc(S(=O)(=O)N2CCC[C@@H](C(=O)N3CCN(CC(=O)N4CCCC4)CC3)C2)cc1. The number of hydrogen-bond donors (Lipinski definition) is 0. The van der Waals surface area contributed by atoms with Gasteiger partial charge in [0.1, 0.15) is 5.75 Å². The molecule has 2 amide bonds. The molecule has 3 aliphatic rings. The summed E-state index contributed by atoms with van der Waals surface area (Å²) in [5, 5.41) is 0. The average Bonchev–Trinajstić information content (AvgIpc) is 3.39. The number of carbonyl (C=O) groups excluding carboxylic acids is 2. The van der Waals surface area contributed by atoms with Crippen molar-refractivity contribution in [2.45, 2.75) is 30.6 Å². The Hall–Kier alpha value is -2.17. The molecule has 0 radical (unpaired) electrons. The third-order valence-corrected chi connectivity index (χ3v) is 8.81. The Bertz CT molecular complexity index is 938. The Kier molecular flexibility index (Phi) is 7.55. The van der Waals surface area contributed by atoms with Crippen LogP contribution in [0.1, 0.15) is 25.7 Å². The molecule has 3 saturated heterocycles. The maximum Gasteiger partial charge on any atom is 0.243 e. The van der Waals surface area contributed by atoms with Gasteiger partial charge in [-0.05, 0) is 49.9 Å². The maximum absolute atomic E-state index is 13.2. The van der Waals surface area contributed by atoms with E-state index in [-0.39, 0.29) is 29.2 Å². The van der Waals surface area contributed by atoms with E-state index in [0.717, 1.165) is 25.9 Å². The summed E-state index contributed by atoms with van der Waals surface area (Å²) < 4.78 is 32.8. The van der Waals surface area contributed by atoms with Crippen molar-refractivity contribution in [1.82, 2.24) is 19.0 Å². The van der Waals surface area contributed by atoms with Crippen LogP contribution >= 0.6 is 0 Å². The van der Waals surface area contributed by atoms with Crippen molar-refractivity contribution in [3.05, 3.63) is 24.3 Å². The summed E-state index contributed by atoms with van der Waals surface area (Å²) >= 11 is 0. The monoisotopic (exact) mass is 478 g/mol. The van der Waals surface area contributed by atoms with Gasteiger partial charge >= 0.3 is 0 Å². The third kappa shape index (κ3) is 5.50. The van der Waals surface area contributed by atoms with E-state index < -0.39 is 10.0 Å².